The Bertz CT molecular complexity index is 348. The molecular weight excluding hydrogens is 218 g/mol. The largest absolute Gasteiger partial charge is 0.356 e. The number of benzene rings is 1. The zero-order chi connectivity index (χ0) is 10.6. The van der Waals surface area contributed by atoms with Gasteiger partial charge in [-0.1, -0.05) is 31.5 Å². The van der Waals surface area contributed by atoms with Gasteiger partial charge in [0, 0.05) is 0 Å². The molecule has 0 bridgehead atoms. The maximum Gasteiger partial charge on any atom is 0.356 e. The number of aryl methyl sites for hydroxylation is 1. The Morgan fingerprint density at radius 2 is 1.87 bits per heavy atom. The highest BCUT2D eigenvalue weighted by molar-refractivity contribution is 7.60. The maximum atomic E-state index is 11.1. The normalized spacial score (nSPS) is 10.9. The molecule has 0 fully saturated rings. The average Bonchev–Trinajstić information content (AvgIpc) is 2.14. The van der Waals surface area contributed by atoms with Crippen LogP contribution in [0.1, 0.15) is 25.3 Å². The summed E-state index contributed by atoms with van der Waals surface area (Å²) < 4.78 is 11.1. The van der Waals surface area contributed by atoms with Crippen LogP contribution in [0.3, 0.4) is 0 Å². The summed E-state index contributed by atoms with van der Waals surface area (Å²) in [7, 11) is -4.10. The molecule has 0 saturated heterocycles. The molecule has 1 rings (SSSR count). The van der Waals surface area contributed by atoms with Gasteiger partial charge >= 0.3 is 7.60 Å². The van der Waals surface area contributed by atoms with Crippen LogP contribution >= 0.6 is 7.60 Å². The van der Waals surface area contributed by atoms with Gasteiger partial charge in [0.05, 0.1) is 5.30 Å². The molecule has 0 heterocycles. The van der Waals surface area contributed by atoms with Gasteiger partial charge in [0.25, 0.3) is 0 Å². The van der Waals surface area contributed by atoms with Crippen LogP contribution in [0.4, 0.5) is 4.70 Å². The third-order valence-electron chi connectivity index (χ3n) is 2.11. The van der Waals surface area contributed by atoms with E-state index in [0.717, 1.165) is 24.8 Å². The summed E-state index contributed by atoms with van der Waals surface area (Å²) in [5.41, 5.74) is 0.766. The summed E-state index contributed by atoms with van der Waals surface area (Å²) in [5, 5.41) is 0.174. The van der Waals surface area contributed by atoms with E-state index in [1.807, 2.05) is 6.07 Å². The second-order valence-corrected chi connectivity index (χ2v) is 4.85. The minimum atomic E-state index is -4.10. The Labute approximate surface area is 88.7 Å². The van der Waals surface area contributed by atoms with Crippen LogP contribution in [0.2, 0.25) is 0 Å². The fraction of sp³-hybridized carbons (Fsp3) is 0.400. The van der Waals surface area contributed by atoms with Crippen molar-refractivity contribution in [1.82, 2.24) is 0 Å². The van der Waals surface area contributed by atoms with Gasteiger partial charge in [-0.3, -0.25) is 9.27 Å². The van der Waals surface area contributed by atoms with Crippen LogP contribution in [0.25, 0.3) is 0 Å². The minimum absolute atomic E-state index is 0. The van der Waals surface area contributed by atoms with Crippen molar-refractivity contribution in [3.8, 4) is 0 Å². The molecule has 3 nitrogen and oxygen atoms in total. The van der Waals surface area contributed by atoms with Gasteiger partial charge in [-0.05, 0) is 24.5 Å². The monoisotopic (exact) mass is 234 g/mol. The molecule has 0 spiro atoms. The van der Waals surface area contributed by atoms with Gasteiger partial charge in [0.2, 0.25) is 0 Å². The predicted octanol–water partition coefficient (Wildman–Crippen LogP) is 1.98. The van der Waals surface area contributed by atoms with Gasteiger partial charge in [-0.25, -0.2) is 0 Å². The van der Waals surface area contributed by atoms with Gasteiger partial charge < -0.3 is 9.79 Å². The lowest BCUT2D eigenvalue weighted by Gasteiger charge is -2.09. The molecule has 0 radical (unpaired) electrons. The number of unbranched alkanes of at least 4 members (excludes halogenated alkanes) is 1. The highest BCUT2D eigenvalue weighted by Gasteiger charge is 2.19. The van der Waals surface area contributed by atoms with Crippen LogP contribution in [0.15, 0.2) is 24.3 Å². The summed E-state index contributed by atoms with van der Waals surface area (Å²) >= 11 is 0. The van der Waals surface area contributed by atoms with E-state index >= 15 is 0 Å². The molecule has 0 aromatic heterocycles. The molecule has 2 N–H and O–H groups in total. The Morgan fingerprint density at radius 1 is 1.27 bits per heavy atom. The van der Waals surface area contributed by atoms with E-state index in [9.17, 15) is 4.57 Å². The van der Waals surface area contributed by atoms with Gasteiger partial charge in [0.1, 0.15) is 0 Å². The second-order valence-electron chi connectivity index (χ2n) is 3.28. The summed E-state index contributed by atoms with van der Waals surface area (Å²) in [6.07, 6.45) is 2.71. The number of hydrogen-bond acceptors (Lipinski definition) is 1. The number of rotatable bonds is 4. The highest BCUT2D eigenvalue weighted by atomic mass is 31.2. The van der Waals surface area contributed by atoms with Crippen molar-refractivity contribution < 1.29 is 19.1 Å². The Balaban J connectivity index is 0.00000196. The SMILES string of the molecule is CCCCc1ccccc1P(=O)(O)O.F. The number of hydrogen-bond donors (Lipinski definition) is 2. The lowest BCUT2D eigenvalue weighted by atomic mass is 10.1. The Kier molecular flexibility index (Phi) is 5.73. The maximum absolute atomic E-state index is 11.1. The predicted molar refractivity (Wildman–Crippen MR) is 59.2 cm³/mol. The summed E-state index contributed by atoms with van der Waals surface area (Å²) in [6.45, 7) is 2.06. The summed E-state index contributed by atoms with van der Waals surface area (Å²) in [6, 6.07) is 6.75. The van der Waals surface area contributed by atoms with Crippen molar-refractivity contribution in [3.63, 3.8) is 0 Å². The standard InChI is InChI=1S/C10H15O3P.FH/c1-2-3-6-9-7-4-5-8-10(9)14(11,12)13;/h4-5,7-8H,2-3,6H2,1H3,(H2,11,12,13);1H. The van der Waals surface area contributed by atoms with E-state index in [1.165, 1.54) is 6.07 Å². The molecule has 1 aromatic carbocycles. The molecule has 15 heavy (non-hydrogen) atoms. The lowest BCUT2D eigenvalue weighted by molar-refractivity contribution is 0.387. The van der Waals surface area contributed by atoms with E-state index in [2.05, 4.69) is 6.92 Å². The Morgan fingerprint density at radius 3 is 2.40 bits per heavy atom. The van der Waals surface area contributed by atoms with E-state index in [-0.39, 0.29) is 10.0 Å². The first-order valence-corrected chi connectivity index (χ1v) is 6.31. The molecular formula is C10H16FO3P. The van der Waals surface area contributed by atoms with Crippen molar-refractivity contribution in [2.45, 2.75) is 26.2 Å². The second kappa shape index (κ2) is 6.01. The average molecular weight is 234 g/mol. The first-order chi connectivity index (χ1) is 6.55. The van der Waals surface area contributed by atoms with E-state index in [4.69, 9.17) is 9.79 Å². The van der Waals surface area contributed by atoms with Crippen molar-refractivity contribution >= 4 is 12.9 Å². The van der Waals surface area contributed by atoms with Crippen LogP contribution < -0.4 is 5.30 Å². The molecule has 0 aliphatic heterocycles. The fourth-order valence-electron chi connectivity index (χ4n) is 1.37. The summed E-state index contributed by atoms with van der Waals surface area (Å²) in [4.78, 5) is 18.2. The van der Waals surface area contributed by atoms with Crippen molar-refractivity contribution in [2.24, 2.45) is 0 Å². The first kappa shape index (κ1) is 14.3. The van der Waals surface area contributed by atoms with E-state index in [0.29, 0.717) is 0 Å². The van der Waals surface area contributed by atoms with Gasteiger partial charge in [0.15, 0.2) is 0 Å². The molecule has 0 aliphatic rings. The van der Waals surface area contributed by atoms with E-state index < -0.39 is 7.60 Å². The molecule has 86 valence electrons. The molecule has 5 heteroatoms. The van der Waals surface area contributed by atoms with Crippen LogP contribution in [-0.2, 0) is 11.0 Å². The van der Waals surface area contributed by atoms with Crippen LogP contribution in [0.5, 0.6) is 0 Å². The lowest BCUT2D eigenvalue weighted by Crippen LogP contribution is -2.10. The minimum Gasteiger partial charge on any atom is -0.321 e. The molecule has 0 atom stereocenters. The van der Waals surface area contributed by atoms with Crippen molar-refractivity contribution in [2.75, 3.05) is 0 Å². The molecule has 0 amide bonds. The van der Waals surface area contributed by atoms with E-state index in [1.54, 1.807) is 12.1 Å². The Hall–Kier alpha value is -0.700. The van der Waals surface area contributed by atoms with Gasteiger partial charge in [-0.15, -0.1) is 0 Å². The third-order valence-corrected chi connectivity index (χ3v) is 3.17. The van der Waals surface area contributed by atoms with Crippen molar-refractivity contribution in [1.29, 1.82) is 0 Å². The van der Waals surface area contributed by atoms with Gasteiger partial charge in [-0.2, -0.15) is 0 Å². The zero-order valence-corrected chi connectivity index (χ0v) is 9.48. The molecule has 0 unspecified atom stereocenters. The van der Waals surface area contributed by atoms with Crippen LogP contribution in [-0.4, -0.2) is 9.79 Å². The fourth-order valence-corrected chi connectivity index (χ4v) is 2.21. The third kappa shape index (κ3) is 4.12. The first-order valence-electron chi connectivity index (χ1n) is 4.69. The van der Waals surface area contributed by atoms with Crippen LogP contribution in [0, 0.1) is 0 Å². The molecule has 0 aliphatic carbocycles. The summed E-state index contributed by atoms with van der Waals surface area (Å²) in [5.74, 6) is 0. The molecule has 1 aromatic rings. The highest BCUT2D eigenvalue weighted by Crippen LogP contribution is 2.34. The molecule has 0 saturated carbocycles. The zero-order valence-electron chi connectivity index (χ0n) is 8.59. The number of halogens is 1. The smallest absolute Gasteiger partial charge is 0.321 e. The quantitative estimate of drug-likeness (QED) is 0.783. The topological polar surface area (TPSA) is 57.5 Å². The van der Waals surface area contributed by atoms with Crippen molar-refractivity contribution in [3.05, 3.63) is 29.8 Å².